The Morgan fingerprint density at radius 2 is 2.20 bits per heavy atom. The van der Waals surface area contributed by atoms with Gasteiger partial charge < -0.3 is 15.7 Å². The zero-order chi connectivity index (χ0) is 11.6. The normalized spacial score (nSPS) is 10.5. The molecule has 1 heterocycles. The highest BCUT2D eigenvalue weighted by Gasteiger charge is 2.11. The predicted octanol–water partition coefficient (Wildman–Crippen LogP) is 2.17. The van der Waals surface area contributed by atoms with E-state index in [9.17, 15) is 4.79 Å². The summed E-state index contributed by atoms with van der Waals surface area (Å²) >= 11 is 0. The Kier molecular flexibility index (Phi) is 3.29. The van der Waals surface area contributed by atoms with Crippen molar-refractivity contribution in [1.29, 1.82) is 5.41 Å². The van der Waals surface area contributed by atoms with Gasteiger partial charge in [-0.05, 0) is 12.8 Å². The molecule has 4 heteroatoms. The van der Waals surface area contributed by atoms with E-state index in [4.69, 9.17) is 5.41 Å². The fraction of sp³-hybridized carbons (Fsp3) is 0.455. The van der Waals surface area contributed by atoms with Gasteiger partial charge in [-0.2, -0.15) is 0 Å². The van der Waals surface area contributed by atoms with Gasteiger partial charge in [0, 0.05) is 25.9 Å². The topological polar surface area (TPSA) is 68.7 Å². The number of H-pyrrole nitrogens is 1. The average molecular weight is 209 g/mol. The molecule has 1 aromatic rings. The first-order chi connectivity index (χ1) is 6.97. The minimum Gasteiger partial charge on any atom is -0.374 e. The number of rotatable bonds is 3. The molecule has 0 atom stereocenters. The van der Waals surface area contributed by atoms with Gasteiger partial charge in [0.25, 0.3) is 0 Å². The summed E-state index contributed by atoms with van der Waals surface area (Å²) in [5.74, 6) is 0.892. The highest BCUT2D eigenvalue weighted by atomic mass is 16.1. The standard InChI is InChI=1S/C11H17N3O.H2/c1-6(2)8-5-9(15)10(7(3)12)11(13-4)14-8;/h5-6,12H,1-4H3,(H2,13,14,15);1H. The number of nitrogens with one attached hydrogen (secondary N) is 3. The molecule has 0 saturated heterocycles. The van der Waals surface area contributed by atoms with Crippen LogP contribution in [0.3, 0.4) is 0 Å². The van der Waals surface area contributed by atoms with Crippen LogP contribution < -0.4 is 10.7 Å². The number of hydrogen-bond donors (Lipinski definition) is 3. The van der Waals surface area contributed by atoms with Crippen molar-refractivity contribution in [3.05, 3.63) is 27.5 Å². The SMILES string of the molecule is CNc1[nH]c(C(C)C)cc(=O)c1C(C)=N.[HH]. The Balaban J connectivity index is 0.00000225. The minimum atomic E-state index is -0.102. The van der Waals surface area contributed by atoms with Crippen LogP contribution in [0.15, 0.2) is 10.9 Å². The summed E-state index contributed by atoms with van der Waals surface area (Å²) in [5, 5.41) is 10.5. The van der Waals surface area contributed by atoms with E-state index in [1.165, 1.54) is 0 Å². The van der Waals surface area contributed by atoms with Crippen LogP contribution in [0.25, 0.3) is 0 Å². The summed E-state index contributed by atoms with van der Waals surface area (Å²) in [7, 11) is 1.74. The van der Waals surface area contributed by atoms with Crippen LogP contribution in [0.2, 0.25) is 0 Å². The number of aromatic nitrogens is 1. The molecule has 1 aromatic heterocycles. The summed E-state index contributed by atoms with van der Waals surface area (Å²) in [6.07, 6.45) is 0. The van der Waals surface area contributed by atoms with Crippen molar-refractivity contribution in [2.75, 3.05) is 12.4 Å². The molecule has 0 amide bonds. The van der Waals surface area contributed by atoms with Gasteiger partial charge in [0.15, 0.2) is 5.43 Å². The van der Waals surface area contributed by atoms with Crippen LogP contribution in [-0.4, -0.2) is 17.7 Å². The Bertz CT molecular complexity index is 437. The smallest absolute Gasteiger partial charge is 0.193 e. The van der Waals surface area contributed by atoms with Gasteiger partial charge in [0.05, 0.1) is 5.56 Å². The van der Waals surface area contributed by atoms with Gasteiger partial charge in [0.1, 0.15) is 5.82 Å². The maximum Gasteiger partial charge on any atom is 0.193 e. The molecule has 0 unspecified atom stereocenters. The summed E-state index contributed by atoms with van der Waals surface area (Å²) in [6.45, 7) is 5.64. The van der Waals surface area contributed by atoms with Crippen LogP contribution in [0.4, 0.5) is 5.82 Å². The van der Waals surface area contributed by atoms with E-state index in [-0.39, 0.29) is 18.5 Å². The molecule has 0 aliphatic heterocycles. The fourth-order valence-corrected chi connectivity index (χ4v) is 1.45. The molecule has 84 valence electrons. The maximum absolute atomic E-state index is 11.8. The molecule has 15 heavy (non-hydrogen) atoms. The highest BCUT2D eigenvalue weighted by Crippen LogP contribution is 2.15. The molecule has 0 fully saturated rings. The van der Waals surface area contributed by atoms with Crippen molar-refractivity contribution in [3.63, 3.8) is 0 Å². The molecule has 0 bridgehead atoms. The van der Waals surface area contributed by atoms with Gasteiger partial charge in [-0.15, -0.1) is 0 Å². The average Bonchev–Trinajstić information content (AvgIpc) is 2.15. The lowest BCUT2D eigenvalue weighted by molar-refractivity contribution is 0.821. The van der Waals surface area contributed by atoms with Crippen molar-refractivity contribution in [1.82, 2.24) is 4.98 Å². The van der Waals surface area contributed by atoms with Crippen molar-refractivity contribution in [2.45, 2.75) is 26.7 Å². The fourth-order valence-electron chi connectivity index (χ4n) is 1.45. The van der Waals surface area contributed by atoms with Crippen molar-refractivity contribution in [2.24, 2.45) is 0 Å². The molecule has 0 spiro atoms. The van der Waals surface area contributed by atoms with E-state index in [0.717, 1.165) is 5.69 Å². The molecule has 0 radical (unpaired) electrons. The van der Waals surface area contributed by atoms with Gasteiger partial charge >= 0.3 is 0 Å². The van der Waals surface area contributed by atoms with Crippen LogP contribution in [-0.2, 0) is 0 Å². The molecule has 0 aliphatic carbocycles. The van der Waals surface area contributed by atoms with Crippen LogP contribution >= 0.6 is 0 Å². The second-order valence-corrected chi connectivity index (χ2v) is 3.87. The Hall–Kier alpha value is -1.58. The van der Waals surface area contributed by atoms with Gasteiger partial charge in [0.2, 0.25) is 0 Å². The maximum atomic E-state index is 11.8. The van der Waals surface area contributed by atoms with E-state index in [0.29, 0.717) is 11.4 Å². The predicted molar refractivity (Wildman–Crippen MR) is 65.3 cm³/mol. The second kappa shape index (κ2) is 4.29. The first-order valence-corrected chi connectivity index (χ1v) is 4.97. The Labute approximate surface area is 90.7 Å². The first kappa shape index (κ1) is 11.5. The molecule has 1 rings (SSSR count). The Morgan fingerprint density at radius 3 is 2.60 bits per heavy atom. The minimum absolute atomic E-state index is 0. The van der Waals surface area contributed by atoms with Gasteiger partial charge in [-0.1, -0.05) is 13.8 Å². The molecule has 0 saturated carbocycles. The van der Waals surface area contributed by atoms with E-state index < -0.39 is 0 Å². The summed E-state index contributed by atoms with van der Waals surface area (Å²) in [4.78, 5) is 14.9. The zero-order valence-corrected chi connectivity index (χ0v) is 9.56. The van der Waals surface area contributed by atoms with Gasteiger partial charge in [-0.25, -0.2) is 0 Å². The summed E-state index contributed by atoms with van der Waals surface area (Å²) in [6, 6.07) is 1.57. The monoisotopic (exact) mass is 209 g/mol. The first-order valence-electron chi connectivity index (χ1n) is 4.97. The lowest BCUT2D eigenvalue weighted by Gasteiger charge is -2.12. The lowest BCUT2D eigenvalue weighted by atomic mass is 10.1. The number of hydrogen-bond acceptors (Lipinski definition) is 3. The van der Waals surface area contributed by atoms with E-state index >= 15 is 0 Å². The number of pyridine rings is 1. The van der Waals surface area contributed by atoms with Crippen LogP contribution in [0, 0.1) is 5.41 Å². The molecular weight excluding hydrogens is 190 g/mol. The second-order valence-electron chi connectivity index (χ2n) is 3.87. The Morgan fingerprint density at radius 1 is 1.60 bits per heavy atom. The third-order valence-corrected chi connectivity index (χ3v) is 2.30. The van der Waals surface area contributed by atoms with Gasteiger partial charge in [-0.3, -0.25) is 4.79 Å². The summed E-state index contributed by atoms with van der Waals surface area (Å²) < 4.78 is 0. The quantitative estimate of drug-likeness (QED) is 0.668. The van der Waals surface area contributed by atoms with E-state index in [1.54, 1.807) is 20.0 Å². The third kappa shape index (κ3) is 2.26. The van der Waals surface area contributed by atoms with Crippen molar-refractivity contribution >= 4 is 11.5 Å². The number of aromatic amines is 1. The summed E-state index contributed by atoms with van der Waals surface area (Å²) in [5.41, 5.74) is 1.47. The van der Waals surface area contributed by atoms with E-state index in [2.05, 4.69) is 10.3 Å². The van der Waals surface area contributed by atoms with Crippen molar-refractivity contribution in [3.8, 4) is 0 Å². The van der Waals surface area contributed by atoms with Crippen LogP contribution in [0.5, 0.6) is 0 Å². The largest absolute Gasteiger partial charge is 0.374 e. The molecule has 4 nitrogen and oxygen atoms in total. The molecule has 0 aliphatic rings. The third-order valence-electron chi connectivity index (χ3n) is 2.30. The molecule has 0 aromatic carbocycles. The zero-order valence-electron chi connectivity index (χ0n) is 9.56. The van der Waals surface area contributed by atoms with Crippen molar-refractivity contribution < 1.29 is 1.43 Å². The highest BCUT2D eigenvalue weighted by molar-refractivity contribution is 6.00. The van der Waals surface area contributed by atoms with E-state index in [1.807, 2.05) is 13.8 Å². The molecule has 3 N–H and O–H groups in total. The molecular formula is C11H19N3O. The number of anilines is 1. The lowest BCUT2D eigenvalue weighted by Crippen LogP contribution is -2.18. The van der Waals surface area contributed by atoms with Crippen LogP contribution in [0.1, 0.15) is 39.4 Å².